The minimum atomic E-state index is -0.293. The molecule has 0 aromatic heterocycles. The minimum Gasteiger partial charge on any atom is -0.490 e. The zero-order chi connectivity index (χ0) is 25.5. The summed E-state index contributed by atoms with van der Waals surface area (Å²) >= 11 is 12.1. The molecule has 0 radical (unpaired) electrons. The third-order valence-electron chi connectivity index (χ3n) is 7.32. The molecule has 0 bridgehead atoms. The molecular weight excluding hydrogens is 497 g/mol. The van der Waals surface area contributed by atoms with Gasteiger partial charge in [0, 0.05) is 25.7 Å². The van der Waals surface area contributed by atoms with E-state index in [0.717, 1.165) is 69.7 Å². The lowest BCUT2D eigenvalue weighted by atomic mass is 9.93. The summed E-state index contributed by atoms with van der Waals surface area (Å²) in [7, 11) is 1.45. The highest BCUT2D eigenvalue weighted by atomic mass is 35.5. The first-order valence-electron chi connectivity index (χ1n) is 12.6. The fourth-order valence-electron chi connectivity index (χ4n) is 5.20. The van der Waals surface area contributed by atoms with Crippen molar-refractivity contribution in [2.75, 3.05) is 39.8 Å². The number of nitriles is 1. The Hall–Kier alpha value is -2.30. The number of hydrogen-bond acceptors (Lipinski definition) is 6. The van der Waals surface area contributed by atoms with Crippen LogP contribution in [0.5, 0.6) is 5.75 Å². The van der Waals surface area contributed by atoms with Gasteiger partial charge in [0.1, 0.15) is 17.9 Å². The Bertz CT molecular complexity index is 1060. The average molecular weight is 530 g/mol. The number of rotatable bonds is 8. The normalized spacial score (nSPS) is 18.9. The van der Waals surface area contributed by atoms with Crippen molar-refractivity contribution in [2.24, 2.45) is 5.92 Å². The van der Waals surface area contributed by atoms with Gasteiger partial charge in [-0.05, 0) is 80.9 Å². The molecule has 36 heavy (non-hydrogen) atoms. The first kappa shape index (κ1) is 26.8. The molecule has 0 spiro atoms. The Balaban J connectivity index is 1.23. The first-order valence-corrected chi connectivity index (χ1v) is 13.4. The largest absolute Gasteiger partial charge is 0.490 e. The highest BCUT2D eigenvalue weighted by molar-refractivity contribution is 6.42. The van der Waals surface area contributed by atoms with E-state index >= 15 is 0 Å². The zero-order valence-electron chi connectivity index (χ0n) is 20.7. The van der Waals surface area contributed by atoms with Crippen LogP contribution in [0.3, 0.4) is 0 Å². The van der Waals surface area contributed by atoms with Gasteiger partial charge in [-0.15, -0.1) is 0 Å². The highest BCUT2D eigenvalue weighted by Crippen LogP contribution is 2.29. The maximum atomic E-state index is 12.6. The van der Waals surface area contributed by atoms with Crippen LogP contribution >= 0.6 is 23.2 Å². The van der Waals surface area contributed by atoms with Crippen molar-refractivity contribution in [3.63, 3.8) is 0 Å². The number of likely N-dealkylation sites (tertiary alicyclic amines) is 2. The topological polar surface area (TPSA) is 65.8 Å². The maximum Gasteiger partial charge on any atom is 0.323 e. The minimum absolute atomic E-state index is 0.193. The maximum absolute atomic E-state index is 12.6. The summed E-state index contributed by atoms with van der Waals surface area (Å²) in [5.41, 5.74) is 1.66. The van der Waals surface area contributed by atoms with E-state index in [-0.39, 0.29) is 18.1 Å². The number of nitrogens with zero attached hydrogens (tertiary/aromatic N) is 3. The summed E-state index contributed by atoms with van der Waals surface area (Å²) in [6.45, 7) is 4.91. The standard InChI is InChI=1S/C28H33Cl2N3O3/c1-35-28(34)27(16-20-2-4-21(18-31)5-3-20)33-14-8-22(9-15-33)19-32-12-10-23(11-13-32)36-24-6-7-25(29)26(30)17-24/h2-7,17,22-23,27H,8-16,19H2,1H3. The second-order valence-corrected chi connectivity index (χ2v) is 10.5. The molecule has 2 aliphatic rings. The van der Waals surface area contributed by atoms with Crippen LogP contribution < -0.4 is 4.74 Å². The second kappa shape index (κ2) is 12.8. The number of carbonyl (C=O) groups is 1. The lowest BCUT2D eigenvalue weighted by Crippen LogP contribution is -2.49. The van der Waals surface area contributed by atoms with Crippen molar-refractivity contribution < 1.29 is 14.3 Å². The predicted octanol–water partition coefficient (Wildman–Crippen LogP) is 5.20. The molecule has 0 amide bonds. The molecule has 0 aliphatic carbocycles. The van der Waals surface area contributed by atoms with Gasteiger partial charge in [-0.25, -0.2) is 0 Å². The molecule has 192 valence electrons. The van der Waals surface area contributed by atoms with Gasteiger partial charge in [-0.1, -0.05) is 35.3 Å². The Morgan fingerprint density at radius 3 is 2.33 bits per heavy atom. The second-order valence-electron chi connectivity index (χ2n) is 9.72. The molecule has 4 rings (SSSR count). The third kappa shape index (κ3) is 7.14. The lowest BCUT2D eigenvalue weighted by molar-refractivity contribution is -0.147. The first-order chi connectivity index (χ1) is 17.4. The summed E-state index contributed by atoms with van der Waals surface area (Å²) in [5.74, 6) is 1.21. The van der Waals surface area contributed by atoms with Crippen molar-refractivity contribution in [1.82, 2.24) is 9.80 Å². The fourth-order valence-corrected chi connectivity index (χ4v) is 5.49. The van der Waals surface area contributed by atoms with E-state index in [1.54, 1.807) is 24.3 Å². The van der Waals surface area contributed by atoms with Gasteiger partial charge in [-0.3, -0.25) is 9.69 Å². The van der Waals surface area contributed by atoms with E-state index < -0.39 is 0 Å². The molecule has 2 aromatic rings. The quantitative estimate of drug-likeness (QED) is 0.437. The van der Waals surface area contributed by atoms with Crippen molar-refractivity contribution in [3.05, 3.63) is 63.6 Å². The summed E-state index contributed by atoms with van der Waals surface area (Å²) in [4.78, 5) is 17.4. The Kier molecular flexibility index (Phi) is 9.50. The predicted molar refractivity (Wildman–Crippen MR) is 142 cm³/mol. The van der Waals surface area contributed by atoms with Crippen LogP contribution in [0.15, 0.2) is 42.5 Å². The van der Waals surface area contributed by atoms with E-state index in [0.29, 0.717) is 27.9 Å². The summed E-state index contributed by atoms with van der Waals surface area (Å²) in [5, 5.41) is 10.1. The molecule has 2 saturated heterocycles. The molecule has 2 fully saturated rings. The molecule has 2 aromatic carbocycles. The average Bonchev–Trinajstić information content (AvgIpc) is 2.91. The summed E-state index contributed by atoms with van der Waals surface area (Å²) in [6.07, 6.45) is 4.92. The number of halogens is 2. The van der Waals surface area contributed by atoms with Gasteiger partial charge in [0.15, 0.2) is 0 Å². The van der Waals surface area contributed by atoms with Crippen LogP contribution in [0.25, 0.3) is 0 Å². The Morgan fingerprint density at radius 2 is 1.72 bits per heavy atom. The molecule has 1 atom stereocenters. The molecular formula is C28H33Cl2N3O3. The Labute approximate surface area is 223 Å². The summed E-state index contributed by atoms with van der Waals surface area (Å²) in [6, 6.07) is 14.7. The van der Waals surface area contributed by atoms with Gasteiger partial charge in [0.2, 0.25) is 0 Å². The van der Waals surface area contributed by atoms with Crippen LogP contribution in [0.1, 0.15) is 36.8 Å². The van der Waals surface area contributed by atoms with E-state index in [4.69, 9.17) is 37.9 Å². The number of ether oxygens (including phenoxy) is 2. The number of benzene rings is 2. The number of hydrogen-bond donors (Lipinski definition) is 0. The van der Waals surface area contributed by atoms with Gasteiger partial charge in [0.25, 0.3) is 0 Å². The monoisotopic (exact) mass is 529 g/mol. The molecule has 1 unspecified atom stereocenters. The lowest BCUT2D eigenvalue weighted by Gasteiger charge is -2.39. The van der Waals surface area contributed by atoms with Crippen LogP contribution in [0.4, 0.5) is 0 Å². The van der Waals surface area contributed by atoms with E-state index in [2.05, 4.69) is 15.9 Å². The van der Waals surface area contributed by atoms with Gasteiger partial charge in [-0.2, -0.15) is 5.26 Å². The fraction of sp³-hybridized carbons (Fsp3) is 0.500. The van der Waals surface area contributed by atoms with Crippen LogP contribution in [0.2, 0.25) is 10.0 Å². The SMILES string of the molecule is COC(=O)C(Cc1ccc(C#N)cc1)N1CCC(CN2CCC(Oc3ccc(Cl)c(Cl)c3)CC2)CC1. The smallest absolute Gasteiger partial charge is 0.323 e. The van der Waals surface area contributed by atoms with Crippen molar-refractivity contribution in [3.8, 4) is 11.8 Å². The number of carbonyl (C=O) groups excluding carboxylic acids is 1. The van der Waals surface area contributed by atoms with E-state index in [1.807, 2.05) is 18.2 Å². The molecule has 8 heteroatoms. The van der Waals surface area contributed by atoms with Crippen molar-refractivity contribution in [1.29, 1.82) is 5.26 Å². The molecule has 0 N–H and O–H groups in total. The zero-order valence-corrected chi connectivity index (χ0v) is 22.2. The number of esters is 1. The summed E-state index contributed by atoms with van der Waals surface area (Å²) < 4.78 is 11.3. The Morgan fingerprint density at radius 1 is 1.03 bits per heavy atom. The van der Waals surface area contributed by atoms with Crippen molar-refractivity contribution in [2.45, 2.75) is 44.2 Å². The number of piperidine rings is 2. The van der Waals surface area contributed by atoms with Gasteiger partial charge in [0.05, 0.1) is 28.8 Å². The third-order valence-corrected chi connectivity index (χ3v) is 8.06. The molecule has 0 saturated carbocycles. The van der Waals surface area contributed by atoms with Crippen molar-refractivity contribution >= 4 is 29.2 Å². The molecule has 2 heterocycles. The van der Waals surface area contributed by atoms with Crippen LogP contribution in [-0.4, -0.2) is 67.7 Å². The molecule has 6 nitrogen and oxygen atoms in total. The van der Waals surface area contributed by atoms with Crippen LogP contribution in [0, 0.1) is 17.2 Å². The van der Waals surface area contributed by atoms with Gasteiger partial charge < -0.3 is 14.4 Å². The van der Waals surface area contributed by atoms with E-state index in [1.165, 1.54) is 7.11 Å². The highest BCUT2D eigenvalue weighted by Gasteiger charge is 2.32. The number of methoxy groups -OCH3 is 1. The van der Waals surface area contributed by atoms with Crippen LogP contribution in [-0.2, 0) is 16.0 Å². The van der Waals surface area contributed by atoms with E-state index in [9.17, 15) is 4.79 Å². The molecule has 2 aliphatic heterocycles. The van der Waals surface area contributed by atoms with Gasteiger partial charge >= 0.3 is 5.97 Å².